The summed E-state index contributed by atoms with van der Waals surface area (Å²) in [4.78, 5) is 2.34. The lowest BCUT2D eigenvalue weighted by molar-refractivity contribution is 0.669. The number of anilines is 3. The topological polar surface area (TPSA) is 29.5 Å². The molecule has 0 N–H and O–H groups in total. The standard InChI is InChI=1S/C52H33NO2/c1-2-13-34(14-3-1)35-27-29-39(30-28-35)53(48-24-12-23-47-45-19-7-9-26-50(45)55-52(47)48)40-32-37(42-20-10-16-36-15-4-5-17-41(36)42)31-38(33-40)43-21-11-22-46-44-18-6-8-25-49(44)54-51(43)46/h1-33H. The summed E-state index contributed by atoms with van der Waals surface area (Å²) in [6.45, 7) is 0. The number of para-hydroxylation sites is 4. The number of nitrogens with zero attached hydrogens (tertiary/aromatic N) is 1. The van der Waals surface area contributed by atoms with Gasteiger partial charge in [-0.1, -0.05) is 152 Å². The molecule has 0 bridgehead atoms. The molecule has 0 aliphatic carbocycles. The molecule has 0 amide bonds. The van der Waals surface area contributed by atoms with Crippen LogP contribution in [0.3, 0.4) is 0 Å². The van der Waals surface area contributed by atoms with Crippen molar-refractivity contribution in [3.8, 4) is 33.4 Å². The first-order chi connectivity index (χ1) is 27.3. The van der Waals surface area contributed by atoms with E-state index in [0.717, 1.165) is 83.2 Å². The number of rotatable bonds is 6. The minimum Gasteiger partial charge on any atom is -0.455 e. The van der Waals surface area contributed by atoms with Crippen LogP contribution in [0.1, 0.15) is 0 Å². The summed E-state index contributed by atoms with van der Waals surface area (Å²) in [5.74, 6) is 0. The molecule has 0 radical (unpaired) electrons. The second-order valence-corrected chi connectivity index (χ2v) is 14.1. The monoisotopic (exact) mass is 703 g/mol. The highest BCUT2D eigenvalue weighted by Gasteiger charge is 2.22. The van der Waals surface area contributed by atoms with E-state index in [1.807, 2.05) is 24.3 Å². The molecular formula is C52H33NO2. The minimum absolute atomic E-state index is 0.840. The fourth-order valence-electron chi connectivity index (χ4n) is 8.27. The molecule has 0 saturated heterocycles. The van der Waals surface area contributed by atoms with Gasteiger partial charge in [-0.05, 0) is 87.1 Å². The van der Waals surface area contributed by atoms with Crippen LogP contribution in [0, 0.1) is 0 Å². The molecule has 0 unspecified atom stereocenters. The summed E-state index contributed by atoms with van der Waals surface area (Å²) in [6.07, 6.45) is 0. The van der Waals surface area contributed by atoms with Gasteiger partial charge in [0, 0.05) is 38.5 Å². The fraction of sp³-hybridized carbons (Fsp3) is 0. The van der Waals surface area contributed by atoms with E-state index in [-0.39, 0.29) is 0 Å². The maximum Gasteiger partial charge on any atom is 0.159 e. The van der Waals surface area contributed by atoms with E-state index in [4.69, 9.17) is 8.83 Å². The highest BCUT2D eigenvalue weighted by Crippen LogP contribution is 2.46. The Morgan fingerprint density at radius 1 is 0.309 bits per heavy atom. The Balaban J connectivity index is 1.21. The Hall–Kier alpha value is -7.36. The van der Waals surface area contributed by atoms with Crippen molar-refractivity contribution in [3.05, 3.63) is 200 Å². The number of fused-ring (bicyclic) bond motifs is 7. The molecule has 0 fully saturated rings. The SMILES string of the molecule is c1ccc(-c2ccc(N(c3cc(-c4cccc5ccccc45)cc(-c4cccc5c4oc4ccccc45)c3)c3cccc4c3oc3ccccc34)cc2)cc1. The third kappa shape index (κ3) is 5.20. The van der Waals surface area contributed by atoms with E-state index in [0.29, 0.717) is 0 Å². The van der Waals surface area contributed by atoms with Gasteiger partial charge in [0.2, 0.25) is 0 Å². The first-order valence-electron chi connectivity index (χ1n) is 18.7. The van der Waals surface area contributed by atoms with Crippen LogP contribution in [0.5, 0.6) is 0 Å². The highest BCUT2D eigenvalue weighted by molar-refractivity contribution is 6.12. The van der Waals surface area contributed by atoms with Gasteiger partial charge in [0.05, 0.1) is 5.69 Å². The molecule has 11 aromatic rings. The summed E-state index contributed by atoms with van der Waals surface area (Å²) < 4.78 is 13.4. The Bertz CT molecular complexity index is 3200. The Morgan fingerprint density at radius 3 is 1.60 bits per heavy atom. The lowest BCUT2D eigenvalue weighted by Gasteiger charge is -2.27. The predicted molar refractivity (Wildman–Crippen MR) is 229 cm³/mol. The molecular weight excluding hydrogens is 671 g/mol. The fourth-order valence-corrected chi connectivity index (χ4v) is 8.27. The zero-order valence-corrected chi connectivity index (χ0v) is 29.8. The largest absolute Gasteiger partial charge is 0.455 e. The molecule has 9 aromatic carbocycles. The van der Waals surface area contributed by atoms with Crippen LogP contribution in [0.4, 0.5) is 17.1 Å². The van der Waals surface area contributed by atoms with Crippen LogP contribution in [-0.4, -0.2) is 0 Å². The van der Waals surface area contributed by atoms with E-state index >= 15 is 0 Å². The lowest BCUT2D eigenvalue weighted by Crippen LogP contribution is -2.10. The second kappa shape index (κ2) is 12.6. The summed E-state index contributed by atoms with van der Waals surface area (Å²) in [7, 11) is 0. The first kappa shape index (κ1) is 31.2. The van der Waals surface area contributed by atoms with Crippen molar-refractivity contribution in [2.45, 2.75) is 0 Å². The van der Waals surface area contributed by atoms with E-state index in [2.05, 4.69) is 181 Å². The van der Waals surface area contributed by atoms with Crippen molar-refractivity contribution in [2.24, 2.45) is 0 Å². The van der Waals surface area contributed by atoms with Crippen molar-refractivity contribution < 1.29 is 8.83 Å². The van der Waals surface area contributed by atoms with Crippen LogP contribution in [-0.2, 0) is 0 Å². The summed E-state index contributed by atoms with van der Waals surface area (Å²) in [6, 6.07) is 71.0. The van der Waals surface area contributed by atoms with Gasteiger partial charge in [-0.2, -0.15) is 0 Å². The molecule has 0 spiro atoms. The number of hydrogen-bond acceptors (Lipinski definition) is 3. The van der Waals surface area contributed by atoms with Gasteiger partial charge in [0.25, 0.3) is 0 Å². The average molecular weight is 704 g/mol. The second-order valence-electron chi connectivity index (χ2n) is 14.1. The lowest BCUT2D eigenvalue weighted by atomic mass is 9.93. The van der Waals surface area contributed by atoms with Crippen LogP contribution < -0.4 is 4.90 Å². The van der Waals surface area contributed by atoms with E-state index < -0.39 is 0 Å². The molecule has 2 heterocycles. The number of hydrogen-bond donors (Lipinski definition) is 0. The van der Waals surface area contributed by atoms with E-state index in [9.17, 15) is 0 Å². The van der Waals surface area contributed by atoms with Crippen LogP contribution in [0.15, 0.2) is 209 Å². The molecule has 2 aromatic heterocycles. The zero-order chi connectivity index (χ0) is 36.3. The number of benzene rings is 9. The third-order valence-corrected chi connectivity index (χ3v) is 10.8. The molecule has 0 saturated carbocycles. The Morgan fingerprint density at radius 2 is 0.836 bits per heavy atom. The maximum absolute atomic E-state index is 6.72. The minimum atomic E-state index is 0.840. The van der Waals surface area contributed by atoms with E-state index in [1.54, 1.807) is 0 Å². The smallest absolute Gasteiger partial charge is 0.159 e. The quantitative estimate of drug-likeness (QED) is 0.173. The summed E-state index contributed by atoms with van der Waals surface area (Å²) >= 11 is 0. The van der Waals surface area contributed by atoms with Gasteiger partial charge in [-0.25, -0.2) is 0 Å². The highest BCUT2D eigenvalue weighted by atomic mass is 16.3. The van der Waals surface area contributed by atoms with Gasteiger partial charge >= 0.3 is 0 Å². The molecule has 3 heteroatoms. The molecule has 55 heavy (non-hydrogen) atoms. The van der Waals surface area contributed by atoms with Crippen molar-refractivity contribution in [2.75, 3.05) is 4.90 Å². The average Bonchev–Trinajstić information content (AvgIpc) is 3.83. The molecule has 0 atom stereocenters. The Labute approximate surface area is 317 Å². The van der Waals surface area contributed by atoms with Crippen molar-refractivity contribution in [1.82, 2.24) is 0 Å². The van der Waals surface area contributed by atoms with Gasteiger partial charge in [-0.3, -0.25) is 0 Å². The van der Waals surface area contributed by atoms with E-state index in [1.165, 1.54) is 21.9 Å². The third-order valence-electron chi connectivity index (χ3n) is 10.8. The Kier molecular flexibility index (Phi) is 7.17. The maximum atomic E-state index is 6.72. The molecule has 11 rings (SSSR count). The molecule has 0 aliphatic rings. The van der Waals surface area contributed by atoms with Crippen molar-refractivity contribution in [1.29, 1.82) is 0 Å². The van der Waals surface area contributed by atoms with Gasteiger partial charge in [0.1, 0.15) is 16.7 Å². The first-order valence-corrected chi connectivity index (χ1v) is 18.7. The normalized spacial score (nSPS) is 11.6. The van der Waals surface area contributed by atoms with Gasteiger partial charge in [0.15, 0.2) is 5.58 Å². The summed E-state index contributed by atoms with van der Waals surface area (Å²) in [5.41, 5.74) is 13.2. The molecule has 258 valence electrons. The number of furan rings is 2. The van der Waals surface area contributed by atoms with Crippen molar-refractivity contribution in [3.63, 3.8) is 0 Å². The van der Waals surface area contributed by atoms with Crippen LogP contribution >= 0.6 is 0 Å². The summed E-state index contributed by atoms with van der Waals surface area (Å²) in [5, 5.41) is 6.80. The van der Waals surface area contributed by atoms with Gasteiger partial charge < -0.3 is 13.7 Å². The predicted octanol–water partition coefficient (Wildman–Crippen LogP) is 15.1. The zero-order valence-electron chi connectivity index (χ0n) is 29.8. The van der Waals surface area contributed by atoms with Gasteiger partial charge in [-0.15, -0.1) is 0 Å². The molecule has 0 aliphatic heterocycles. The van der Waals surface area contributed by atoms with Crippen molar-refractivity contribution >= 4 is 71.7 Å². The van der Waals surface area contributed by atoms with Crippen LogP contribution in [0.2, 0.25) is 0 Å². The van der Waals surface area contributed by atoms with Crippen LogP contribution in [0.25, 0.3) is 88.0 Å². The molecule has 3 nitrogen and oxygen atoms in total.